The van der Waals surface area contributed by atoms with Crippen molar-refractivity contribution in [3.05, 3.63) is 0 Å². The van der Waals surface area contributed by atoms with Gasteiger partial charge in [-0.15, -0.1) is 0 Å². The van der Waals surface area contributed by atoms with Gasteiger partial charge >= 0.3 is 42.3 Å². The van der Waals surface area contributed by atoms with Gasteiger partial charge in [-0.3, -0.25) is 0 Å². The van der Waals surface area contributed by atoms with E-state index < -0.39 is 47.7 Å². The van der Waals surface area contributed by atoms with E-state index in [1.807, 2.05) is 0 Å². The van der Waals surface area contributed by atoms with E-state index in [4.69, 9.17) is 5.11 Å². The van der Waals surface area contributed by atoms with E-state index in [0.29, 0.717) is 0 Å². The van der Waals surface area contributed by atoms with Crippen LogP contribution in [0.15, 0.2) is 0 Å². The zero-order valence-electron chi connectivity index (χ0n) is 10.5. The van der Waals surface area contributed by atoms with Crippen molar-refractivity contribution in [2.24, 2.45) is 5.41 Å². The first-order chi connectivity index (χ1) is 10.4. The predicted octanol–water partition coefficient (Wildman–Crippen LogP) is 4.65. The van der Waals surface area contributed by atoms with Gasteiger partial charge in [0, 0.05) is 0 Å². The molecule has 0 aliphatic rings. The maximum absolute atomic E-state index is 13.6. The molecule has 1 N–H and O–H groups in total. The summed E-state index contributed by atoms with van der Waals surface area (Å²) in [6.45, 7) is 0. The minimum Gasteiger partial charge on any atom is -0.479 e. The molecule has 0 radical (unpaired) electrons. The molecule has 0 aromatic rings. The SMILES string of the molecule is O=C(O)C(F)(C(F)(F)F)C(C(F)(F)F)(C(F)(F)F)C(F)(F)C(F)(F)F. The van der Waals surface area contributed by atoms with Gasteiger partial charge in [-0.1, -0.05) is 0 Å². The lowest BCUT2D eigenvalue weighted by molar-refractivity contribution is -0.490. The van der Waals surface area contributed by atoms with Crippen LogP contribution < -0.4 is 0 Å². The highest BCUT2D eigenvalue weighted by atomic mass is 19.4. The Balaban J connectivity index is 7.74. The standard InChI is InChI=1S/C8HF15O2/c9-2(1(24)25,5(12,13)14)3(6(15,16)17,7(18,19)20)4(10,11)8(21,22)23/h(H,24,25). The monoisotopic (exact) mass is 414 g/mol. The van der Waals surface area contributed by atoms with Gasteiger partial charge in [-0.25, -0.2) is 9.18 Å². The molecule has 0 aromatic carbocycles. The molecule has 0 aromatic heterocycles. The second-order valence-electron chi connectivity index (χ2n) is 4.28. The van der Waals surface area contributed by atoms with Gasteiger partial charge in [0.25, 0.3) is 5.41 Å². The minimum atomic E-state index is -8.73. The third-order valence-electron chi connectivity index (χ3n) is 2.88. The topological polar surface area (TPSA) is 37.3 Å². The van der Waals surface area contributed by atoms with Gasteiger partial charge < -0.3 is 5.11 Å². The Morgan fingerprint density at radius 3 is 0.920 bits per heavy atom. The summed E-state index contributed by atoms with van der Waals surface area (Å²) in [5.74, 6) is -13.5. The molecular weight excluding hydrogens is 413 g/mol. The summed E-state index contributed by atoms with van der Waals surface area (Å²) < 4.78 is 189. The molecule has 0 saturated carbocycles. The minimum absolute atomic E-state index is 4.90. The highest BCUT2D eigenvalue weighted by molar-refractivity contribution is 5.81. The van der Waals surface area contributed by atoms with Crippen LogP contribution in [0.1, 0.15) is 0 Å². The molecule has 150 valence electrons. The zero-order chi connectivity index (χ0) is 21.1. The fourth-order valence-electron chi connectivity index (χ4n) is 1.83. The molecule has 25 heavy (non-hydrogen) atoms. The number of carboxylic acid groups (broad SMARTS) is 1. The summed E-state index contributed by atoms with van der Waals surface area (Å²) in [4.78, 5) is 10.2. The summed E-state index contributed by atoms with van der Waals surface area (Å²) in [6, 6.07) is 0. The summed E-state index contributed by atoms with van der Waals surface area (Å²) in [5.41, 5.74) is -16.9. The highest BCUT2D eigenvalue weighted by Gasteiger charge is 3.01. The quantitative estimate of drug-likeness (QED) is 0.683. The number of hydrogen-bond acceptors (Lipinski definition) is 1. The molecule has 0 aliphatic carbocycles. The van der Waals surface area contributed by atoms with E-state index in [0.717, 1.165) is 0 Å². The number of carboxylic acids is 1. The number of rotatable bonds is 3. The molecule has 17 heteroatoms. The van der Waals surface area contributed by atoms with E-state index in [9.17, 15) is 70.7 Å². The number of hydrogen-bond donors (Lipinski definition) is 1. The maximum atomic E-state index is 13.6. The second-order valence-corrected chi connectivity index (χ2v) is 4.28. The largest absolute Gasteiger partial charge is 0.479 e. The van der Waals surface area contributed by atoms with Crippen LogP contribution in [0.2, 0.25) is 0 Å². The van der Waals surface area contributed by atoms with E-state index in [2.05, 4.69) is 0 Å². The van der Waals surface area contributed by atoms with Gasteiger partial charge in [0.05, 0.1) is 0 Å². The summed E-state index contributed by atoms with van der Waals surface area (Å²) in [7, 11) is 0. The van der Waals surface area contributed by atoms with E-state index in [-0.39, 0.29) is 0 Å². The van der Waals surface area contributed by atoms with Crippen LogP contribution in [0.3, 0.4) is 0 Å². The molecule has 0 aliphatic heterocycles. The van der Waals surface area contributed by atoms with Crippen LogP contribution in [-0.4, -0.2) is 47.4 Å². The van der Waals surface area contributed by atoms with Crippen molar-refractivity contribution in [3.8, 4) is 0 Å². The van der Waals surface area contributed by atoms with Crippen LogP contribution in [0.25, 0.3) is 0 Å². The summed E-state index contributed by atoms with van der Waals surface area (Å²) in [6.07, 6.45) is -32.9. The van der Waals surface area contributed by atoms with Gasteiger partial charge in [-0.2, -0.15) is 61.5 Å². The highest BCUT2D eigenvalue weighted by Crippen LogP contribution is 2.71. The molecule has 0 heterocycles. The average molecular weight is 414 g/mol. The van der Waals surface area contributed by atoms with Crippen LogP contribution in [0.5, 0.6) is 0 Å². The normalized spacial score (nSPS) is 18.0. The molecular formula is C8HF15O2. The van der Waals surface area contributed by atoms with Crippen molar-refractivity contribution < 1.29 is 75.8 Å². The lowest BCUT2D eigenvalue weighted by Gasteiger charge is -2.48. The molecule has 1 unspecified atom stereocenters. The molecule has 0 rings (SSSR count). The smallest absolute Gasteiger partial charge is 0.454 e. The molecule has 0 amide bonds. The van der Waals surface area contributed by atoms with Crippen molar-refractivity contribution in [3.63, 3.8) is 0 Å². The Bertz CT molecular complexity index is 506. The van der Waals surface area contributed by atoms with Gasteiger partial charge in [-0.05, 0) is 0 Å². The summed E-state index contributed by atoms with van der Waals surface area (Å²) in [5, 5.41) is 7.86. The molecule has 2 nitrogen and oxygen atoms in total. The van der Waals surface area contributed by atoms with Crippen LogP contribution in [0, 0.1) is 5.41 Å². The number of halogens is 15. The Morgan fingerprint density at radius 2 is 0.800 bits per heavy atom. The predicted molar refractivity (Wildman–Crippen MR) is 43.1 cm³/mol. The molecule has 0 spiro atoms. The van der Waals surface area contributed by atoms with Crippen molar-refractivity contribution in [1.29, 1.82) is 0 Å². The third kappa shape index (κ3) is 2.74. The fraction of sp³-hybridized carbons (Fsp3) is 0.875. The van der Waals surface area contributed by atoms with Gasteiger partial charge in [0.2, 0.25) is 0 Å². The first kappa shape index (κ1) is 23.4. The van der Waals surface area contributed by atoms with Crippen LogP contribution >= 0.6 is 0 Å². The van der Waals surface area contributed by atoms with Crippen molar-refractivity contribution in [1.82, 2.24) is 0 Å². The number of alkyl halides is 15. The molecule has 1 atom stereocenters. The van der Waals surface area contributed by atoms with E-state index in [1.165, 1.54) is 0 Å². The summed E-state index contributed by atoms with van der Waals surface area (Å²) >= 11 is 0. The Morgan fingerprint density at radius 1 is 0.520 bits per heavy atom. The number of aliphatic carboxylic acids is 1. The van der Waals surface area contributed by atoms with Crippen molar-refractivity contribution >= 4 is 5.97 Å². The first-order valence-corrected chi connectivity index (χ1v) is 5.01. The third-order valence-corrected chi connectivity index (χ3v) is 2.88. The van der Waals surface area contributed by atoms with Gasteiger partial charge in [0.15, 0.2) is 0 Å². The average Bonchev–Trinajstić information content (AvgIpc) is 2.20. The van der Waals surface area contributed by atoms with Gasteiger partial charge in [0.1, 0.15) is 0 Å². The Kier molecular flexibility index (Phi) is 5.11. The van der Waals surface area contributed by atoms with Crippen LogP contribution in [-0.2, 0) is 4.79 Å². The first-order valence-electron chi connectivity index (χ1n) is 5.01. The van der Waals surface area contributed by atoms with E-state index >= 15 is 0 Å². The lowest BCUT2D eigenvalue weighted by Crippen LogP contribution is -2.80. The molecule has 0 bridgehead atoms. The fourth-order valence-corrected chi connectivity index (χ4v) is 1.83. The van der Waals surface area contributed by atoms with E-state index in [1.54, 1.807) is 0 Å². The molecule has 0 fully saturated rings. The van der Waals surface area contributed by atoms with Crippen LogP contribution in [0.4, 0.5) is 65.9 Å². The number of carbonyl (C=O) groups is 1. The molecule has 0 saturated heterocycles. The zero-order valence-corrected chi connectivity index (χ0v) is 10.5. The Hall–Kier alpha value is -1.58. The maximum Gasteiger partial charge on any atom is 0.454 e. The van der Waals surface area contributed by atoms with Crippen molar-refractivity contribution in [2.75, 3.05) is 0 Å². The Labute approximate surface area is 125 Å². The second kappa shape index (κ2) is 5.46. The van der Waals surface area contributed by atoms with Crippen molar-refractivity contribution in [2.45, 2.75) is 36.3 Å². The lowest BCUT2D eigenvalue weighted by atomic mass is 9.65.